The third-order valence-corrected chi connectivity index (χ3v) is 3.55. The number of rotatable bonds is 6. The number of carbonyl (C=O) groups excluding carboxylic acids is 1. The second-order valence-corrected chi connectivity index (χ2v) is 5.23. The Kier molecular flexibility index (Phi) is 5.35. The summed E-state index contributed by atoms with van der Waals surface area (Å²) in [7, 11) is 0. The quantitative estimate of drug-likeness (QED) is 0.797. The van der Waals surface area contributed by atoms with Crippen LogP contribution in [0, 0.1) is 11.3 Å². The SMILES string of the molecule is CCc1nc(SCC(=O)Nc2ccc(CC#N)cc2)n[nH]1. The first-order chi connectivity index (χ1) is 10.2. The molecule has 2 N–H and O–H groups in total. The zero-order valence-corrected chi connectivity index (χ0v) is 12.4. The van der Waals surface area contributed by atoms with Crippen molar-refractivity contribution >= 4 is 23.4 Å². The van der Waals surface area contributed by atoms with E-state index >= 15 is 0 Å². The van der Waals surface area contributed by atoms with Crippen LogP contribution < -0.4 is 5.32 Å². The number of aromatic nitrogens is 3. The van der Waals surface area contributed by atoms with Crippen LogP contribution in [0.3, 0.4) is 0 Å². The molecule has 7 heteroatoms. The zero-order chi connectivity index (χ0) is 15.1. The summed E-state index contributed by atoms with van der Waals surface area (Å²) >= 11 is 1.29. The summed E-state index contributed by atoms with van der Waals surface area (Å²) in [5.41, 5.74) is 1.64. The Balaban J connectivity index is 1.82. The van der Waals surface area contributed by atoms with Crippen LogP contribution in [0.1, 0.15) is 18.3 Å². The standard InChI is InChI=1S/C14H15N5OS/c1-2-12-17-14(19-18-12)21-9-13(20)16-11-5-3-10(4-6-11)7-8-15/h3-6H,2,7,9H2,1H3,(H,16,20)(H,17,18,19). The lowest BCUT2D eigenvalue weighted by molar-refractivity contribution is -0.113. The van der Waals surface area contributed by atoms with Crippen LogP contribution in [0.5, 0.6) is 0 Å². The molecule has 0 aliphatic heterocycles. The highest BCUT2D eigenvalue weighted by atomic mass is 32.2. The number of carbonyl (C=O) groups is 1. The van der Waals surface area contributed by atoms with Gasteiger partial charge in [0.15, 0.2) is 0 Å². The van der Waals surface area contributed by atoms with Gasteiger partial charge >= 0.3 is 0 Å². The Bertz CT molecular complexity index is 644. The second-order valence-electron chi connectivity index (χ2n) is 4.29. The zero-order valence-electron chi connectivity index (χ0n) is 11.6. The molecule has 1 amide bonds. The molecule has 2 rings (SSSR count). The lowest BCUT2D eigenvalue weighted by Gasteiger charge is -2.04. The monoisotopic (exact) mass is 301 g/mol. The molecule has 0 aliphatic carbocycles. The first-order valence-corrected chi connectivity index (χ1v) is 7.49. The van der Waals surface area contributed by atoms with E-state index in [2.05, 4.69) is 26.6 Å². The van der Waals surface area contributed by atoms with Crippen LogP contribution in [0.2, 0.25) is 0 Å². The predicted octanol–water partition coefficient (Wildman–Crippen LogP) is 2.16. The highest BCUT2D eigenvalue weighted by Gasteiger charge is 2.07. The summed E-state index contributed by atoms with van der Waals surface area (Å²) < 4.78 is 0. The number of benzene rings is 1. The number of anilines is 1. The molecule has 2 aromatic rings. The number of hydrogen-bond donors (Lipinski definition) is 2. The number of nitrogens with one attached hydrogen (secondary N) is 2. The molecule has 1 aromatic carbocycles. The minimum Gasteiger partial charge on any atom is -0.325 e. The van der Waals surface area contributed by atoms with Crippen LogP contribution in [0.15, 0.2) is 29.4 Å². The summed E-state index contributed by atoms with van der Waals surface area (Å²) in [6.07, 6.45) is 1.16. The number of nitriles is 1. The van der Waals surface area contributed by atoms with Gasteiger partial charge in [0.1, 0.15) is 5.82 Å². The number of hydrogen-bond acceptors (Lipinski definition) is 5. The number of amides is 1. The fraction of sp³-hybridized carbons (Fsp3) is 0.286. The van der Waals surface area contributed by atoms with Gasteiger partial charge in [-0.15, -0.1) is 5.10 Å². The lowest BCUT2D eigenvalue weighted by atomic mass is 10.1. The summed E-state index contributed by atoms with van der Waals surface area (Å²) in [5, 5.41) is 18.8. The Morgan fingerprint density at radius 2 is 2.19 bits per heavy atom. The van der Waals surface area contributed by atoms with Crippen molar-refractivity contribution < 1.29 is 4.79 Å². The van der Waals surface area contributed by atoms with Crippen molar-refractivity contribution in [1.82, 2.24) is 15.2 Å². The van der Waals surface area contributed by atoms with Crippen LogP contribution in [-0.2, 0) is 17.6 Å². The van der Waals surface area contributed by atoms with Gasteiger partial charge in [-0.2, -0.15) is 5.26 Å². The molecule has 0 aliphatic rings. The Labute approximate surface area is 127 Å². The highest BCUT2D eigenvalue weighted by Crippen LogP contribution is 2.14. The molecular weight excluding hydrogens is 286 g/mol. The number of aromatic amines is 1. The molecular formula is C14H15N5OS. The van der Waals surface area contributed by atoms with E-state index in [-0.39, 0.29) is 11.7 Å². The molecule has 0 saturated heterocycles. The molecule has 0 saturated carbocycles. The molecule has 0 bridgehead atoms. The van der Waals surface area contributed by atoms with Crippen molar-refractivity contribution in [3.63, 3.8) is 0 Å². The fourth-order valence-electron chi connectivity index (χ4n) is 1.62. The van der Waals surface area contributed by atoms with E-state index in [0.717, 1.165) is 17.8 Å². The third kappa shape index (κ3) is 4.61. The minimum absolute atomic E-state index is 0.115. The summed E-state index contributed by atoms with van der Waals surface area (Å²) in [4.78, 5) is 16.0. The van der Waals surface area contributed by atoms with E-state index in [1.165, 1.54) is 11.8 Å². The topological polar surface area (TPSA) is 94.5 Å². The average Bonchev–Trinajstić information content (AvgIpc) is 2.96. The Morgan fingerprint density at radius 3 is 2.81 bits per heavy atom. The first kappa shape index (κ1) is 15.1. The smallest absolute Gasteiger partial charge is 0.234 e. The number of aryl methyl sites for hydroxylation is 1. The average molecular weight is 301 g/mol. The normalized spacial score (nSPS) is 10.1. The summed E-state index contributed by atoms with van der Waals surface area (Å²) in [6, 6.07) is 9.32. The predicted molar refractivity (Wildman–Crippen MR) is 80.9 cm³/mol. The van der Waals surface area contributed by atoms with Gasteiger partial charge in [-0.25, -0.2) is 4.98 Å². The van der Waals surface area contributed by atoms with Crippen LogP contribution in [0.4, 0.5) is 5.69 Å². The van der Waals surface area contributed by atoms with Gasteiger partial charge in [0, 0.05) is 12.1 Å². The maximum Gasteiger partial charge on any atom is 0.234 e. The van der Waals surface area contributed by atoms with Gasteiger partial charge in [-0.05, 0) is 17.7 Å². The van der Waals surface area contributed by atoms with E-state index in [9.17, 15) is 4.79 Å². The fourth-order valence-corrected chi connectivity index (χ4v) is 2.24. The van der Waals surface area contributed by atoms with Crippen LogP contribution in [0.25, 0.3) is 0 Å². The van der Waals surface area contributed by atoms with Gasteiger partial charge in [0.05, 0.1) is 18.2 Å². The first-order valence-electron chi connectivity index (χ1n) is 6.51. The van der Waals surface area contributed by atoms with Crippen molar-refractivity contribution in [2.45, 2.75) is 24.9 Å². The van der Waals surface area contributed by atoms with Crippen LogP contribution in [-0.4, -0.2) is 26.8 Å². The molecule has 0 radical (unpaired) electrons. The Hall–Kier alpha value is -2.33. The van der Waals surface area contributed by atoms with E-state index < -0.39 is 0 Å². The van der Waals surface area contributed by atoms with E-state index in [0.29, 0.717) is 17.3 Å². The summed E-state index contributed by atoms with van der Waals surface area (Å²) in [5.74, 6) is 0.947. The van der Waals surface area contributed by atoms with Crippen molar-refractivity contribution in [3.8, 4) is 6.07 Å². The molecule has 0 atom stereocenters. The number of H-pyrrole nitrogens is 1. The number of thioether (sulfide) groups is 1. The second kappa shape index (κ2) is 7.45. The van der Waals surface area contributed by atoms with Crippen LogP contribution >= 0.6 is 11.8 Å². The van der Waals surface area contributed by atoms with Crippen molar-refractivity contribution in [2.75, 3.05) is 11.1 Å². The Morgan fingerprint density at radius 1 is 1.43 bits per heavy atom. The van der Waals surface area contributed by atoms with Crippen molar-refractivity contribution in [1.29, 1.82) is 5.26 Å². The molecule has 0 fully saturated rings. The highest BCUT2D eigenvalue weighted by molar-refractivity contribution is 7.99. The maximum atomic E-state index is 11.8. The molecule has 1 heterocycles. The molecule has 0 unspecified atom stereocenters. The van der Waals surface area contributed by atoms with Gasteiger partial charge in [-0.3, -0.25) is 9.89 Å². The molecule has 108 valence electrons. The van der Waals surface area contributed by atoms with E-state index in [4.69, 9.17) is 5.26 Å². The third-order valence-electron chi connectivity index (χ3n) is 2.70. The molecule has 6 nitrogen and oxygen atoms in total. The van der Waals surface area contributed by atoms with E-state index in [1.807, 2.05) is 19.1 Å². The number of nitrogens with zero attached hydrogens (tertiary/aromatic N) is 3. The molecule has 1 aromatic heterocycles. The van der Waals surface area contributed by atoms with Crippen molar-refractivity contribution in [2.24, 2.45) is 0 Å². The van der Waals surface area contributed by atoms with E-state index in [1.54, 1.807) is 12.1 Å². The minimum atomic E-state index is -0.115. The van der Waals surface area contributed by atoms with Gasteiger partial charge in [0.2, 0.25) is 11.1 Å². The lowest BCUT2D eigenvalue weighted by Crippen LogP contribution is -2.14. The largest absolute Gasteiger partial charge is 0.325 e. The molecule has 21 heavy (non-hydrogen) atoms. The summed E-state index contributed by atoms with van der Waals surface area (Å²) in [6.45, 7) is 1.98. The van der Waals surface area contributed by atoms with Gasteiger partial charge < -0.3 is 5.32 Å². The van der Waals surface area contributed by atoms with Crippen molar-refractivity contribution in [3.05, 3.63) is 35.7 Å². The molecule has 0 spiro atoms. The van der Waals surface area contributed by atoms with Gasteiger partial charge in [-0.1, -0.05) is 30.8 Å². The van der Waals surface area contributed by atoms with Gasteiger partial charge in [0.25, 0.3) is 0 Å². The maximum absolute atomic E-state index is 11.8.